The molecule has 0 radical (unpaired) electrons. The van der Waals surface area contributed by atoms with E-state index in [1.807, 2.05) is 12.1 Å². The molecular formula is C20H20Cl2N2O. The van der Waals surface area contributed by atoms with Gasteiger partial charge in [0.15, 0.2) is 0 Å². The minimum Gasteiger partial charge on any atom is -0.372 e. The lowest BCUT2D eigenvalue weighted by Crippen LogP contribution is -2.29. The molecule has 1 fully saturated rings. The van der Waals surface area contributed by atoms with Crippen LogP contribution in [0.15, 0.2) is 48.5 Å². The van der Waals surface area contributed by atoms with Crippen molar-refractivity contribution in [2.24, 2.45) is 0 Å². The average molecular weight is 375 g/mol. The van der Waals surface area contributed by atoms with Crippen molar-refractivity contribution in [2.45, 2.75) is 19.3 Å². The second-order valence-corrected chi connectivity index (χ2v) is 6.87. The lowest BCUT2D eigenvalue weighted by Gasteiger charge is -2.28. The molecule has 1 amide bonds. The smallest absolute Gasteiger partial charge is 0.248 e. The van der Waals surface area contributed by atoms with E-state index in [0.29, 0.717) is 15.6 Å². The molecular weight excluding hydrogens is 355 g/mol. The quantitative estimate of drug-likeness (QED) is 0.702. The van der Waals surface area contributed by atoms with Crippen molar-refractivity contribution >= 4 is 46.6 Å². The van der Waals surface area contributed by atoms with Crippen LogP contribution >= 0.6 is 23.2 Å². The molecule has 2 aromatic rings. The summed E-state index contributed by atoms with van der Waals surface area (Å²) < 4.78 is 0. The molecule has 25 heavy (non-hydrogen) atoms. The topological polar surface area (TPSA) is 32.3 Å². The number of benzene rings is 2. The van der Waals surface area contributed by atoms with Crippen molar-refractivity contribution < 1.29 is 4.79 Å². The predicted octanol–water partition coefficient (Wildman–Crippen LogP) is 5.64. The minimum atomic E-state index is -0.221. The highest BCUT2D eigenvalue weighted by molar-refractivity contribution is 6.37. The van der Waals surface area contributed by atoms with E-state index in [1.165, 1.54) is 31.0 Å². The second-order valence-electron chi connectivity index (χ2n) is 6.05. The largest absolute Gasteiger partial charge is 0.372 e. The Labute approximate surface area is 158 Å². The zero-order valence-corrected chi connectivity index (χ0v) is 15.4. The molecule has 1 N–H and O–H groups in total. The molecule has 1 aliphatic rings. The SMILES string of the molecule is O=C(/C=C/c1c(Cl)cccc1Cl)Nc1ccc(N2CCCCC2)cc1. The summed E-state index contributed by atoms with van der Waals surface area (Å²) in [5.74, 6) is -0.221. The van der Waals surface area contributed by atoms with Gasteiger partial charge in [-0.1, -0.05) is 29.3 Å². The number of hydrogen-bond donors (Lipinski definition) is 1. The van der Waals surface area contributed by atoms with Gasteiger partial charge in [0.1, 0.15) is 0 Å². The number of carbonyl (C=O) groups is 1. The highest BCUT2D eigenvalue weighted by Gasteiger charge is 2.10. The number of anilines is 2. The lowest BCUT2D eigenvalue weighted by molar-refractivity contribution is -0.111. The third-order valence-corrected chi connectivity index (χ3v) is 4.92. The first kappa shape index (κ1) is 17.8. The van der Waals surface area contributed by atoms with Crippen LogP contribution in [0.5, 0.6) is 0 Å². The summed E-state index contributed by atoms with van der Waals surface area (Å²) in [7, 11) is 0. The number of halogens is 2. The first-order chi connectivity index (χ1) is 12.1. The maximum atomic E-state index is 12.1. The summed E-state index contributed by atoms with van der Waals surface area (Å²) in [6, 6.07) is 13.2. The summed E-state index contributed by atoms with van der Waals surface area (Å²) in [5, 5.41) is 3.88. The monoisotopic (exact) mass is 374 g/mol. The molecule has 0 unspecified atom stereocenters. The van der Waals surface area contributed by atoms with Crippen LogP contribution in [0.2, 0.25) is 10.0 Å². The van der Waals surface area contributed by atoms with Crippen molar-refractivity contribution in [2.75, 3.05) is 23.3 Å². The molecule has 0 bridgehead atoms. The van der Waals surface area contributed by atoms with Gasteiger partial charge < -0.3 is 10.2 Å². The van der Waals surface area contributed by atoms with E-state index in [0.717, 1.165) is 18.8 Å². The van der Waals surface area contributed by atoms with Crippen molar-refractivity contribution in [1.82, 2.24) is 0 Å². The normalized spacial score (nSPS) is 14.7. The van der Waals surface area contributed by atoms with Crippen LogP contribution in [-0.2, 0) is 4.79 Å². The van der Waals surface area contributed by atoms with Crippen molar-refractivity contribution in [1.29, 1.82) is 0 Å². The summed E-state index contributed by atoms with van der Waals surface area (Å²) in [5.41, 5.74) is 2.61. The molecule has 1 heterocycles. The van der Waals surface area contributed by atoms with Crippen LogP contribution in [0.3, 0.4) is 0 Å². The Hall–Kier alpha value is -1.97. The van der Waals surface area contributed by atoms with Gasteiger partial charge in [-0.15, -0.1) is 0 Å². The molecule has 2 aromatic carbocycles. The van der Waals surface area contributed by atoms with Gasteiger partial charge in [-0.25, -0.2) is 0 Å². The Kier molecular flexibility index (Phi) is 6.00. The van der Waals surface area contributed by atoms with E-state index in [2.05, 4.69) is 22.3 Å². The van der Waals surface area contributed by atoms with Crippen LogP contribution in [0.1, 0.15) is 24.8 Å². The Morgan fingerprint density at radius 3 is 2.24 bits per heavy atom. The molecule has 1 saturated heterocycles. The number of hydrogen-bond acceptors (Lipinski definition) is 2. The molecule has 3 rings (SSSR count). The number of nitrogens with zero attached hydrogens (tertiary/aromatic N) is 1. The summed E-state index contributed by atoms with van der Waals surface area (Å²) in [6.07, 6.45) is 6.86. The fraction of sp³-hybridized carbons (Fsp3) is 0.250. The molecule has 3 nitrogen and oxygen atoms in total. The molecule has 1 aliphatic heterocycles. The highest BCUT2D eigenvalue weighted by Crippen LogP contribution is 2.25. The number of nitrogens with one attached hydrogen (secondary N) is 1. The van der Waals surface area contributed by atoms with E-state index < -0.39 is 0 Å². The Bertz CT molecular complexity index is 746. The molecule has 130 valence electrons. The second kappa shape index (κ2) is 8.41. The van der Waals surface area contributed by atoms with Gasteiger partial charge in [-0.3, -0.25) is 4.79 Å². The summed E-state index contributed by atoms with van der Waals surface area (Å²) in [6.45, 7) is 2.21. The first-order valence-electron chi connectivity index (χ1n) is 8.41. The van der Waals surface area contributed by atoms with Gasteiger partial charge >= 0.3 is 0 Å². The van der Waals surface area contributed by atoms with E-state index in [1.54, 1.807) is 24.3 Å². The van der Waals surface area contributed by atoms with Gasteiger partial charge in [0.05, 0.1) is 0 Å². The fourth-order valence-corrected chi connectivity index (χ4v) is 3.44. The summed E-state index contributed by atoms with van der Waals surface area (Å²) >= 11 is 12.2. The Morgan fingerprint density at radius 2 is 1.60 bits per heavy atom. The summed E-state index contributed by atoms with van der Waals surface area (Å²) in [4.78, 5) is 14.5. The van der Waals surface area contributed by atoms with E-state index in [-0.39, 0.29) is 5.91 Å². The number of amides is 1. The molecule has 0 aromatic heterocycles. The highest BCUT2D eigenvalue weighted by atomic mass is 35.5. The Balaban J connectivity index is 1.62. The standard InChI is InChI=1S/C20H20Cl2N2O/c21-18-5-4-6-19(22)17(18)11-12-20(25)23-15-7-9-16(10-8-15)24-13-2-1-3-14-24/h4-12H,1-3,13-14H2,(H,23,25)/b12-11+. The zero-order chi connectivity index (χ0) is 17.6. The van der Waals surface area contributed by atoms with Crippen LogP contribution in [0.25, 0.3) is 6.08 Å². The molecule has 5 heteroatoms. The number of rotatable bonds is 4. The van der Waals surface area contributed by atoms with Gasteiger partial charge in [-0.05, 0) is 61.7 Å². The van der Waals surface area contributed by atoms with Gasteiger partial charge in [-0.2, -0.15) is 0 Å². The van der Waals surface area contributed by atoms with E-state index in [4.69, 9.17) is 23.2 Å². The maximum absolute atomic E-state index is 12.1. The molecule has 0 spiro atoms. The number of piperidine rings is 1. The van der Waals surface area contributed by atoms with Crippen molar-refractivity contribution in [3.8, 4) is 0 Å². The van der Waals surface area contributed by atoms with E-state index >= 15 is 0 Å². The van der Waals surface area contributed by atoms with Crippen molar-refractivity contribution in [3.05, 3.63) is 64.1 Å². The lowest BCUT2D eigenvalue weighted by atomic mass is 10.1. The molecule has 0 atom stereocenters. The molecule has 0 aliphatic carbocycles. The predicted molar refractivity (Wildman–Crippen MR) is 107 cm³/mol. The number of carbonyl (C=O) groups excluding carboxylic acids is 1. The third kappa shape index (κ3) is 4.77. The van der Waals surface area contributed by atoms with Gasteiger partial charge in [0, 0.05) is 46.1 Å². The average Bonchev–Trinajstić information content (AvgIpc) is 2.63. The zero-order valence-electron chi connectivity index (χ0n) is 13.8. The van der Waals surface area contributed by atoms with Gasteiger partial charge in [0.25, 0.3) is 0 Å². The fourth-order valence-electron chi connectivity index (χ4n) is 2.92. The van der Waals surface area contributed by atoms with Gasteiger partial charge in [0.2, 0.25) is 5.91 Å². The maximum Gasteiger partial charge on any atom is 0.248 e. The van der Waals surface area contributed by atoms with Crippen LogP contribution in [-0.4, -0.2) is 19.0 Å². The van der Waals surface area contributed by atoms with Crippen molar-refractivity contribution in [3.63, 3.8) is 0 Å². The van der Waals surface area contributed by atoms with Crippen LogP contribution < -0.4 is 10.2 Å². The first-order valence-corrected chi connectivity index (χ1v) is 9.17. The van der Waals surface area contributed by atoms with E-state index in [9.17, 15) is 4.79 Å². The third-order valence-electron chi connectivity index (χ3n) is 4.26. The Morgan fingerprint density at radius 1 is 0.960 bits per heavy atom. The molecule has 0 saturated carbocycles. The van der Waals surface area contributed by atoms with Crippen LogP contribution in [0, 0.1) is 0 Å². The van der Waals surface area contributed by atoms with Crippen LogP contribution in [0.4, 0.5) is 11.4 Å². The minimum absolute atomic E-state index is 0.221.